The van der Waals surface area contributed by atoms with Crippen LogP contribution in [0, 0.1) is 0 Å². The topological polar surface area (TPSA) is 70.5 Å². The minimum Gasteiger partial charge on any atom is -0.480 e. The number of likely N-dealkylation sites (N-methyl/N-ethyl adjacent to an activating group) is 1. The molecular weight excluding hydrogens is 344 g/mol. The first-order chi connectivity index (χ1) is 9.45. The third kappa shape index (κ3) is 3.77. The number of nitrogens with zero attached hydrogens (tertiary/aromatic N) is 2. The molecule has 0 atom stereocenters. The number of halogens is 1. The minimum absolute atomic E-state index is 0.187. The van der Waals surface area contributed by atoms with Crippen molar-refractivity contribution in [2.75, 3.05) is 13.6 Å². The van der Waals surface area contributed by atoms with Crippen LogP contribution >= 0.6 is 27.3 Å². The number of aryl methyl sites for hydroxylation is 1. The molecule has 5 nitrogen and oxygen atoms in total. The highest BCUT2D eigenvalue weighted by Gasteiger charge is 2.13. The Morgan fingerprint density at radius 3 is 2.90 bits per heavy atom. The number of carboxylic acids is 1. The molecule has 0 saturated carbocycles. The molecule has 2 rings (SSSR count). The van der Waals surface area contributed by atoms with E-state index in [9.17, 15) is 9.59 Å². The molecule has 1 aromatic heterocycles. The van der Waals surface area contributed by atoms with E-state index in [4.69, 9.17) is 5.11 Å². The van der Waals surface area contributed by atoms with Gasteiger partial charge in [0.25, 0.3) is 0 Å². The molecule has 0 aliphatic rings. The van der Waals surface area contributed by atoms with Gasteiger partial charge in [-0.3, -0.25) is 9.59 Å². The van der Waals surface area contributed by atoms with Gasteiger partial charge in [-0.05, 0) is 18.2 Å². The number of aliphatic carboxylic acids is 1. The normalized spacial score (nSPS) is 10.7. The van der Waals surface area contributed by atoms with Crippen LogP contribution in [0.25, 0.3) is 10.2 Å². The zero-order chi connectivity index (χ0) is 14.7. The standard InChI is InChI=1S/C13H13BrN2O3S/c1-16(7-13(18)19)12(17)5-4-11-15-9-6-8(14)2-3-10(9)20-11/h2-3,6H,4-5,7H2,1H3,(H,18,19). The van der Waals surface area contributed by atoms with E-state index in [-0.39, 0.29) is 18.9 Å². The van der Waals surface area contributed by atoms with E-state index < -0.39 is 5.97 Å². The van der Waals surface area contributed by atoms with Gasteiger partial charge >= 0.3 is 5.97 Å². The van der Waals surface area contributed by atoms with Crippen molar-refractivity contribution in [2.45, 2.75) is 12.8 Å². The highest BCUT2D eigenvalue weighted by molar-refractivity contribution is 9.10. The Labute approximate surface area is 128 Å². The molecule has 0 spiro atoms. The van der Waals surface area contributed by atoms with Gasteiger partial charge in [-0.15, -0.1) is 11.3 Å². The summed E-state index contributed by atoms with van der Waals surface area (Å²) < 4.78 is 2.05. The van der Waals surface area contributed by atoms with Crippen LogP contribution in [-0.4, -0.2) is 40.5 Å². The van der Waals surface area contributed by atoms with Crippen molar-refractivity contribution in [2.24, 2.45) is 0 Å². The maximum Gasteiger partial charge on any atom is 0.323 e. The van der Waals surface area contributed by atoms with Crippen molar-refractivity contribution in [3.63, 3.8) is 0 Å². The first-order valence-corrected chi connectivity index (χ1v) is 7.57. The van der Waals surface area contributed by atoms with Crippen LogP contribution in [0.1, 0.15) is 11.4 Å². The zero-order valence-corrected chi connectivity index (χ0v) is 13.2. The highest BCUT2D eigenvalue weighted by atomic mass is 79.9. The number of hydrogen-bond acceptors (Lipinski definition) is 4. The van der Waals surface area contributed by atoms with Crippen molar-refractivity contribution in [3.8, 4) is 0 Å². The summed E-state index contributed by atoms with van der Waals surface area (Å²) in [5.41, 5.74) is 0.908. The number of hydrogen-bond donors (Lipinski definition) is 1. The smallest absolute Gasteiger partial charge is 0.323 e. The van der Waals surface area contributed by atoms with Crippen LogP contribution in [0.3, 0.4) is 0 Å². The second-order valence-electron chi connectivity index (χ2n) is 4.36. The summed E-state index contributed by atoms with van der Waals surface area (Å²) >= 11 is 4.95. The van der Waals surface area contributed by atoms with E-state index in [0.29, 0.717) is 6.42 Å². The number of carboxylic acid groups (broad SMARTS) is 1. The van der Waals surface area contributed by atoms with Crippen LogP contribution in [-0.2, 0) is 16.0 Å². The number of aromatic nitrogens is 1. The molecule has 1 amide bonds. The molecule has 0 aliphatic heterocycles. The largest absolute Gasteiger partial charge is 0.480 e. The molecular formula is C13H13BrN2O3S. The fraction of sp³-hybridized carbons (Fsp3) is 0.308. The van der Waals surface area contributed by atoms with Crippen molar-refractivity contribution in [1.82, 2.24) is 9.88 Å². The molecule has 7 heteroatoms. The van der Waals surface area contributed by atoms with Gasteiger partial charge in [0.15, 0.2) is 0 Å². The lowest BCUT2D eigenvalue weighted by molar-refractivity contribution is -0.143. The van der Waals surface area contributed by atoms with E-state index in [1.165, 1.54) is 11.9 Å². The van der Waals surface area contributed by atoms with Gasteiger partial charge in [0.1, 0.15) is 6.54 Å². The summed E-state index contributed by atoms with van der Waals surface area (Å²) in [7, 11) is 1.49. The van der Waals surface area contributed by atoms with Gasteiger partial charge in [-0.1, -0.05) is 15.9 Å². The average Bonchev–Trinajstić information content (AvgIpc) is 2.76. The first-order valence-electron chi connectivity index (χ1n) is 5.96. The summed E-state index contributed by atoms with van der Waals surface area (Å²) in [4.78, 5) is 28.0. The molecule has 0 saturated heterocycles. The van der Waals surface area contributed by atoms with Gasteiger partial charge in [0, 0.05) is 24.4 Å². The molecule has 0 unspecified atom stereocenters. The molecule has 1 heterocycles. The number of carbonyl (C=O) groups excluding carboxylic acids is 1. The van der Waals surface area contributed by atoms with E-state index >= 15 is 0 Å². The Morgan fingerprint density at radius 2 is 2.20 bits per heavy atom. The van der Waals surface area contributed by atoms with Gasteiger partial charge in [0.05, 0.1) is 15.2 Å². The summed E-state index contributed by atoms with van der Waals surface area (Å²) in [6.07, 6.45) is 0.796. The quantitative estimate of drug-likeness (QED) is 0.893. The number of carbonyl (C=O) groups is 2. The minimum atomic E-state index is -1.01. The van der Waals surface area contributed by atoms with Gasteiger partial charge in [-0.2, -0.15) is 0 Å². The Balaban J connectivity index is 1.98. The zero-order valence-electron chi connectivity index (χ0n) is 10.8. The molecule has 0 aliphatic carbocycles. The lowest BCUT2D eigenvalue weighted by Gasteiger charge is -2.13. The molecule has 2 aromatic rings. The molecule has 1 aromatic carbocycles. The van der Waals surface area contributed by atoms with Crippen molar-refractivity contribution in [3.05, 3.63) is 27.7 Å². The number of thiazole rings is 1. The predicted molar refractivity (Wildman–Crippen MR) is 80.9 cm³/mol. The summed E-state index contributed by atoms with van der Waals surface area (Å²) in [6, 6.07) is 5.88. The second kappa shape index (κ2) is 6.32. The number of rotatable bonds is 5. The lowest BCUT2D eigenvalue weighted by atomic mass is 10.3. The van der Waals surface area contributed by atoms with E-state index in [1.54, 1.807) is 11.3 Å². The molecule has 20 heavy (non-hydrogen) atoms. The number of fused-ring (bicyclic) bond motifs is 1. The first kappa shape index (κ1) is 14.9. The average molecular weight is 357 g/mol. The fourth-order valence-electron chi connectivity index (χ4n) is 1.75. The van der Waals surface area contributed by atoms with Crippen LogP contribution in [0.5, 0.6) is 0 Å². The lowest BCUT2D eigenvalue weighted by Crippen LogP contribution is -2.32. The fourth-order valence-corrected chi connectivity index (χ4v) is 3.05. The Hall–Kier alpha value is -1.47. The third-order valence-electron chi connectivity index (χ3n) is 2.74. The SMILES string of the molecule is CN(CC(=O)O)C(=O)CCc1nc2cc(Br)ccc2s1. The van der Waals surface area contributed by atoms with E-state index in [0.717, 1.165) is 19.7 Å². The van der Waals surface area contributed by atoms with Gasteiger partial charge < -0.3 is 10.0 Å². The Morgan fingerprint density at radius 1 is 1.45 bits per heavy atom. The number of benzene rings is 1. The second-order valence-corrected chi connectivity index (χ2v) is 6.39. The van der Waals surface area contributed by atoms with Crippen LogP contribution < -0.4 is 0 Å². The van der Waals surface area contributed by atoms with Crippen LogP contribution in [0.4, 0.5) is 0 Å². The molecule has 0 fully saturated rings. The van der Waals surface area contributed by atoms with Crippen LogP contribution in [0.2, 0.25) is 0 Å². The van der Waals surface area contributed by atoms with E-state index in [2.05, 4.69) is 20.9 Å². The van der Waals surface area contributed by atoms with E-state index in [1.807, 2.05) is 18.2 Å². The molecule has 0 bridgehead atoms. The van der Waals surface area contributed by atoms with Gasteiger partial charge in [-0.25, -0.2) is 4.98 Å². The maximum atomic E-state index is 11.8. The number of amides is 1. The van der Waals surface area contributed by atoms with Crippen molar-refractivity contribution in [1.29, 1.82) is 0 Å². The monoisotopic (exact) mass is 356 g/mol. The highest BCUT2D eigenvalue weighted by Crippen LogP contribution is 2.25. The Kier molecular flexibility index (Phi) is 4.72. The van der Waals surface area contributed by atoms with Crippen LogP contribution in [0.15, 0.2) is 22.7 Å². The predicted octanol–water partition coefficient (Wildman–Crippen LogP) is 2.53. The summed E-state index contributed by atoms with van der Waals surface area (Å²) in [6.45, 7) is -0.272. The molecule has 106 valence electrons. The maximum absolute atomic E-state index is 11.8. The molecule has 0 radical (unpaired) electrons. The Bertz CT molecular complexity index is 656. The summed E-state index contributed by atoms with van der Waals surface area (Å²) in [5, 5.41) is 9.52. The third-order valence-corrected chi connectivity index (χ3v) is 4.33. The van der Waals surface area contributed by atoms with Gasteiger partial charge in [0.2, 0.25) is 5.91 Å². The summed E-state index contributed by atoms with van der Waals surface area (Å²) in [5.74, 6) is -1.20. The van der Waals surface area contributed by atoms with Crippen molar-refractivity contribution >= 4 is 49.4 Å². The van der Waals surface area contributed by atoms with Crippen molar-refractivity contribution < 1.29 is 14.7 Å². The molecule has 1 N–H and O–H groups in total.